The summed E-state index contributed by atoms with van der Waals surface area (Å²) in [7, 11) is 3.18. The fourth-order valence-electron chi connectivity index (χ4n) is 1.14. The Kier molecular flexibility index (Phi) is 8.13. The zero-order chi connectivity index (χ0) is 12.7. The van der Waals surface area contributed by atoms with Gasteiger partial charge in [-0.05, 0) is 6.42 Å². The van der Waals surface area contributed by atoms with E-state index in [1.165, 1.54) is 0 Å². The van der Waals surface area contributed by atoms with Crippen LogP contribution in [0, 0.1) is 0 Å². The molecule has 0 aromatic carbocycles. The Bertz CT molecular complexity index is 276. The van der Waals surface area contributed by atoms with Crippen molar-refractivity contribution in [1.29, 1.82) is 0 Å². The summed E-state index contributed by atoms with van der Waals surface area (Å²) in [4.78, 5) is 4.29. The van der Waals surface area contributed by atoms with Gasteiger partial charge < -0.3 is 15.2 Å². The maximum absolute atomic E-state index is 5.72. The molecular formula is C10H18ClIN2O2. The van der Waals surface area contributed by atoms with Gasteiger partial charge in [-0.25, -0.2) is 4.99 Å². The first-order valence-corrected chi connectivity index (χ1v) is 6.53. The lowest BCUT2D eigenvalue weighted by atomic mass is 10.2. The minimum Gasteiger partial charge on any atom is -0.482 e. The van der Waals surface area contributed by atoms with Gasteiger partial charge in [0.15, 0.2) is 0 Å². The minimum absolute atomic E-state index is 0.188. The summed E-state index contributed by atoms with van der Waals surface area (Å²) in [6, 6.07) is 0. The number of methoxy groups -OCH3 is 2. The van der Waals surface area contributed by atoms with Crippen molar-refractivity contribution in [3.8, 4) is 0 Å². The second-order valence-corrected chi connectivity index (χ2v) is 5.51. The number of ether oxygens (including phenoxy) is 2. The molecule has 1 unspecified atom stereocenters. The predicted molar refractivity (Wildman–Crippen MR) is 76.1 cm³/mol. The third-order valence-electron chi connectivity index (χ3n) is 1.98. The molecule has 0 aliphatic heterocycles. The molecule has 0 aromatic rings. The van der Waals surface area contributed by atoms with Gasteiger partial charge in [0.25, 0.3) is 0 Å². The summed E-state index contributed by atoms with van der Waals surface area (Å²) in [5, 5.41) is 0.188. The average molecular weight is 361 g/mol. The first kappa shape index (κ1) is 16.0. The van der Waals surface area contributed by atoms with Crippen LogP contribution in [0.1, 0.15) is 20.3 Å². The van der Waals surface area contributed by atoms with E-state index in [9.17, 15) is 0 Å². The second kappa shape index (κ2) is 8.14. The van der Waals surface area contributed by atoms with Gasteiger partial charge in [0.1, 0.15) is 11.3 Å². The van der Waals surface area contributed by atoms with Crippen molar-refractivity contribution in [1.82, 2.24) is 0 Å². The average Bonchev–Trinajstić information content (AvgIpc) is 2.22. The molecule has 0 saturated heterocycles. The normalized spacial score (nSPS) is 17.8. The lowest BCUT2D eigenvalue weighted by molar-refractivity contribution is 0.137. The molecule has 0 heterocycles. The third-order valence-corrected chi connectivity index (χ3v) is 2.85. The van der Waals surface area contributed by atoms with Crippen molar-refractivity contribution in [2.75, 3.05) is 14.2 Å². The number of rotatable bonds is 5. The zero-order valence-corrected chi connectivity index (χ0v) is 12.9. The number of hydrogen-bond donors (Lipinski definition) is 1. The molecule has 94 valence electrons. The van der Waals surface area contributed by atoms with Gasteiger partial charge in [0, 0.05) is 11.0 Å². The lowest BCUT2D eigenvalue weighted by Crippen LogP contribution is -2.31. The molecule has 0 aliphatic rings. The fourth-order valence-corrected chi connectivity index (χ4v) is 1.92. The highest BCUT2D eigenvalue weighted by Crippen LogP contribution is 2.16. The summed E-state index contributed by atoms with van der Waals surface area (Å²) >= 11 is 7.98. The van der Waals surface area contributed by atoms with Gasteiger partial charge in [-0.3, -0.25) is 0 Å². The van der Waals surface area contributed by atoms with E-state index in [0.717, 1.165) is 0 Å². The molecule has 0 aromatic heterocycles. The van der Waals surface area contributed by atoms with E-state index >= 15 is 0 Å². The smallest absolute Gasteiger partial charge is 0.219 e. The zero-order valence-electron chi connectivity index (χ0n) is 9.96. The Morgan fingerprint density at radius 3 is 2.31 bits per heavy atom. The molecule has 0 rings (SSSR count). The Balaban J connectivity index is 5.10. The third kappa shape index (κ3) is 4.88. The lowest BCUT2D eigenvalue weighted by Gasteiger charge is -2.19. The molecule has 0 spiro atoms. The summed E-state index contributed by atoms with van der Waals surface area (Å²) in [6.45, 7) is 3.94. The molecule has 2 N–H and O–H groups in total. The number of alkyl halides is 1. The molecule has 0 saturated carbocycles. The summed E-state index contributed by atoms with van der Waals surface area (Å²) < 4.78 is 10.8. The van der Waals surface area contributed by atoms with Crippen LogP contribution in [0.25, 0.3) is 0 Å². The van der Waals surface area contributed by atoms with Crippen molar-refractivity contribution < 1.29 is 9.47 Å². The van der Waals surface area contributed by atoms with E-state index in [-0.39, 0.29) is 15.2 Å². The predicted octanol–water partition coefficient (Wildman–Crippen LogP) is 2.65. The SMILES string of the molecule is CC/C(N=C(OC)C(OC)[C@@H](C)I)=C(\N)Cl. The van der Waals surface area contributed by atoms with Crippen LogP contribution in [0.2, 0.25) is 0 Å². The maximum Gasteiger partial charge on any atom is 0.219 e. The molecule has 6 heteroatoms. The Morgan fingerprint density at radius 2 is 2.06 bits per heavy atom. The van der Waals surface area contributed by atoms with Crippen LogP contribution < -0.4 is 5.73 Å². The van der Waals surface area contributed by atoms with Crippen LogP contribution in [0.3, 0.4) is 0 Å². The fraction of sp³-hybridized carbons (Fsp3) is 0.700. The van der Waals surface area contributed by atoms with Crippen molar-refractivity contribution in [3.63, 3.8) is 0 Å². The molecule has 0 fully saturated rings. The minimum atomic E-state index is -0.205. The van der Waals surface area contributed by atoms with E-state index in [1.807, 2.05) is 13.8 Å². The summed E-state index contributed by atoms with van der Waals surface area (Å²) in [6.07, 6.45) is 0.442. The standard InChI is InChI=1S/C10H18ClIN2O2/c1-5-7(9(11)13)14-10(16-4)8(15-3)6(2)12/h6,8H,5,13H2,1-4H3/b9-7+,14-10?/t6-,8?/m1/s1. The van der Waals surface area contributed by atoms with E-state index in [0.29, 0.717) is 18.0 Å². The topological polar surface area (TPSA) is 56.8 Å². The Hall–Kier alpha value is -0.0100. The van der Waals surface area contributed by atoms with Crippen LogP contribution in [0.5, 0.6) is 0 Å². The Morgan fingerprint density at radius 1 is 1.50 bits per heavy atom. The van der Waals surface area contributed by atoms with Gasteiger partial charge >= 0.3 is 0 Å². The quantitative estimate of drug-likeness (QED) is 0.270. The first-order valence-electron chi connectivity index (χ1n) is 4.91. The molecule has 0 amide bonds. The number of nitrogens with zero attached hydrogens (tertiary/aromatic N) is 1. The van der Waals surface area contributed by atoms with E-state index in [2.05, 4.69) is 27.6 Å². The molecule has 0 aliphatic carbocycles. The molecule has 4 nitrogen and oxygen atoms in total. The highest BCUT2D eigenvalue weighted by molar-refractivity contribution is 14.1. The second-order valence-electron chi connectivity index (χ2n) is 3.14. The molecule has 0 radical (unpaired) electrons. The number of hydrogen-bond acceptors (Lipinski definition) is 4. The highest BCUT2D eigenvalue weighted by Gasteiger charge is 2.22. The van der Waals surface area contributed by atoms with Crippen LogP contribution in [-0.2, 0) is 9.47 Å². The van der Waals surface area contributed by atoms with Gasteiger partial charge in [0.2, 0.25) is 5.90 Å². The maximum atomic E-state index is 5.72. The van der Waals surface area contributed by atoms with Crippen LogP contribution >= 0.6 is 34.2 Å². The van der Waals surface area contributed by atoms with Crippen molar-refractivity contribution in [3.05, 3.63) is 10.9 Å². The van der Waals surface area contributed by atoms with E-state index in [1.54, 1.807) is 14.2 Å². The van der Waals surface area contributed by atoms with Gasteiger partial charge in [-0.2, -0.15) is 0 Å². The van der Waals surface area contributed by atoms with Crippen molar-refractivity contribution in [2.45, 2.75) is 30.3 Å². The molecule has 16 heavy (non-hydrogen) atoms. The van der Waals surface area contributed by atoms with Crippen molar-refractivity contribution in [2.24, 2.45) is 10.7 Å². The summed E-state index contributed by atoms with van der Waals surface area (Å²) in [5.74, 6) is 0.491. The van der Waals surface area contributed by atoms with E-state index < -0.39 is 0 Å². The number of allylic oxidation sites excluding steroid dienone is 1. The van der Waals surface area contributed by atoms with E-state index in [4.69, 9.17) is 26.8 Å². The summed E-state index contributed by atoms with van der Waals surface area (Å²) in [5.41, 5.74) is 6.12. The van der Waals surface area contributed by atoms with Crippen LogP contribution in [0.4, 0.5) is 0 Å². The van der Waals surface area contributed by atoms with Gasteiger partial charge in [0.05, 0.1) is 12.8 Å². The van der Waals surface area contributed by atoms with Crippen molar-refractivity contribution >= 4 is 40.1 Å². The Labute approximate surface area is 115 Å². The van der Waals surface area contributed by atoms with Crippen LogP contribution in [-0.4, -0.2) is 30.1 Å². The highest BCUT2D eigenvalue weighted by atomic mass is 127. The molecular weight excluding hydrogens is 342 g/mol. The van der Waals surface area contributed by atoms with Gasteiger partial charge in [-0.15, -0.1) is 0 Å². The first-order chi connectivity index (χ1) is 7.47. The number of nitrogens with two attached hydrogens (primary N) is 1. The number of halogens is 2. The number of aliphatic imine (C=N–C) groups is 1. The molecule has 2 atom stereocenters. The van der Waals surface area contributed by atoms with Crippen LogP contribution in [0.15, 0.2) is 15.8 Å². The monoisotopic (exact) mass is 360 g/mol. The largest absolute Gasteiger partial charge is 0.482 e. The molecule has 0 bridgehead atoms. The van der Waals surface area contributed by atoms with Gasteiger partial charge in [-0.1, -0.05) is 48.0 Å².